The van der Waals surface area contributed by atoms with Crippen LogP contribution in [-0.2, 0) is 13.6 Å². The number of rotatable bonds is 3. The molecule has 0 saturated carbocycles. The molecule has 3 N–H and O–H groups in total. The van der Waals surface area contributed by atoms with Crippen LogP contribution in [0.4, 0.5) is 0 Å². The lowest BCUT2D eigenvalue weighted by Crippen LogP contribution is -2.48. The summed E-state index contributed by atoms with van der Waals surface area (Å²) in [6.45, 7) is 0.605. The van der Waals surface area contributed by atoms with Crippen molar-refractivity contribution >= 4 is 0 Å². The monoisotopic (exact) mass is 200 g/mol. The molecule has 1 rings (SSSR count). The van der Waals surface area contributed by atoms with Gasteiger partial charge in [0.1, 0.15) is 0 Å². The number of nitrogens with zero attached hydrogens (tertiary/aromatic N) is 2. The van der Waals surface area contributed by atoms with E-state index in [4.69, 9.17) is 5.73 Å². The van der Waals surface area contributed by atoms with Gasteiger partial charge in [-0.2, -0.15) is 0 Å². The molecule has 0 aromatic carbocycles. The topological polar surface area (TPSA) is 103 Å². The number of nitrogens with one attached hydrogen (secondary N) is 1. The predicted octanol–water partition coefficient (Wildman–Crippen LogP) is -2.42. The van der Waals surface area contributed by atoms with E-state index < -0.39 is 17.1 Å². The van der Waals surface area contributed by atoms with Gasteiger partial charge in [0.05, 0.1) is 0 Å². The van der Waals surface area contributed by atoms with E-state index in [2.05, 4.69) is 0 Å². The molecular formula is C7H12N4O3. The average molecular weight is 200 g/mol. The fourth-order valence-electron chi connectivity index (χ4n) is 1.04. The van der Waals surface area contributed by atoms with E-state index >= 15 is 0 Å². The molecule has 0 fully saturated rings. The molecule has 7 heteroatoms. The van der Waals surface area contributed by atoms with Crippen LogP contribution in [0, 0.1) is 0 Å². The van der Waals surface area contributed by atoms with E-state index in [1.165, 1.54) is 7.05 Å². The van der Waals surface area contributed by atoms with Gasteiger partial charge in [0.2, 0.25) is 0 Å². The maximum absolute atomic E-state index is 11.4. The molecule has 0 spiro atoms. The van der Waals surface area contributed by atoms with Crippen LogP contribution in [0.15, 0.2) is 14.4 Å². The quantitative estimate of drug-likeness (QED) is 0.567. The van der Waals surface area contributed by atoms with Gasteiger partial charge in [0.25, 0.3) is 0 Å². The Bertz CT molecular complexity index is 481. The molecule has 7 nitrogen and oxygen atoms in total. The van der Waals surface area contributed by atoms with Gasteiger partial charge in [-0.25, -0.2) is 23.5 Å². The first kappa shape index (κ1) is 10.5. The summed E-state index contributed by atoms with van der Waals surface area (Å²) in [5.74, 6) is 0. The van der Waals surface area contributed by atoms with Gasteiger partial charge in [-0.3, -0.25) is 4.98 Å². The highest BCUT2D eigenvalue weighted by Gasteiger charge is 2.04. The van der Waals surface area contributed by atoms with Crippen LogP contribution >= 0.6 is 0 Å². The Hall–Kier alpha value is -1.63. The highest BCUT2D eigenvalue weighted by molar-refractivity contribution is 4.72. The second-order valence-electron chi connectivity index (χ2n) is 2.87. The van der Waals surface area contributed by atoms with Crippen LogP contribution in [0.2, 0.25) is 0 Å². The molecule has 0 unspecified atom stereocenters. The zero-order valence-corrected chi connectivity index (χ0v) is 7.82. The number of aromatic nitrogens is 3. The minimum absolute atomic E-state index is 0.221. The van der Waals surface area contributed by atoms with Crippen molar-refractivity contribution in [3.05, 3.63) is 31.5 Å². The standard InChI is InChI=1S/C7H12N4O3/c1-10-5(12)9-6(13)11(7(10)14)4-2-3-8/h2-4,8H2,1H3,(H,9,12,13). The van der Waals surface area contributed by atoms with Crippen LogP contribution in [0.1, 0.15) is 6.42 Å². The molecule has 0 atom stereocenters. The van der Waals surface area contributed by atoms with Crippen molar-refractivity contribution in [3.8, 4) is 0 Å². The van der Waals surface area contributed by atoms with E-state index in [1.54, 1.807) is 0 Å². The van der Waals surface area contributed by atoms with Crippen LogP contribution in [-0.4, -0.2) is 20.7 Å². The summed E-state index contributed by atoms with van der Waals surface area (Å²) in [5, 5.41) is 0. The second kappa shape index (κ2) is 4.05. The van der Waals surface area contributed by atoms with Crippen molar-refractivity contribution in [2.45, 2.75) is 13.0 Å². The zero-order valence-electron chi connectivity index (χ0n) is 7.82. The SMILES string of the molecule is Cn1c(=O)[nH]c(=O)n(CCCN)c1=O. The molecule has 0 aliphatic heterocycles. The number of H-pyrrole nitrogens is 1. The van der Waals surface area contributed by atoms with Gasteiger partial charge in [-0.1, -0.05) is 0 Å². The van der Waals surface area contributed by atoms with Crippen molar-refractivity contribution in [1.29, 1.82) is 0 Å². The average Bonchev–Trinajstić information content (AvgIpc) is 2.14. The molecule has 1 heterocycles. The summed E-state index contributed by atoms with van der Waals surface area (Å²) in [4.78, 5) is 35.5. The highest BCUT2D eigenvalue weighted by atomic mass is 16.2. The Morgan fingerprint density at radius 1 is 1.29 bits per heavy atom. The lowest BCUT2D eigenvalue weighted by atomic mass is 10.4. The van der Waals surface area contributed by atoms with Crippen LogP contribution in [0.25, 0.3) is 0 Å². The highest BCUT2D eigenvalue weighted by Crippen LogP contribution is 1.76. The van der Waals surface area contributed by atoms with Crippen LogP contribution < -0.4 is 22.8 Å². The van der Waals surface area contributed by atoms with Crippen molar-refractivity contribution in [2.75, 3.05) is 6.54 Å². The minimum atomic E-state index is -0.705. The summed E-state index contributed by atoms with van der Waals surface area (Å²) < 4.78 is 1.80. The number of aromatic amines is 1. The summed E-state index contributed by atoms with van der Waals surface area (Å²) in [6, 6.07) is 0. The summed E-state index contributed by atoms with van der Waals surface area (Å²) in [6.07, 6.45) is 0.515. The maximum atomic E-state index is 11.4. The fourth-order valence-corrected chi connectivity index (χ4v) is 1.04. The number of hydrogen-bond acceptors (Lipinski definition) is 4. The number of nitrogens with two attached hydrogens (primary N) is 1. The first-order chi connectivity index (χ1) is 6.57. The minimum Gasteiger partial charge on any atom is -0.330 e. The molecule has 0 aliphatic rings. The Morgan fingerprint density at radius 2 is 1.93 bits per heavy atom. The largest absolute Gasteiger partial charge is 0.336 e. The normalized spacial score (nSPS) is 10.4. The zero-order chi connectivity index (χ0) is 10.7. The molecule has 0 amide bonds. The Balaban J connectivity index is 3.31. The van der Waals surface area contributed by atoms with Crippen molar-refractivity contribution in [2.24, 2.45) is 12.8 Å². The van der Waals surface area contributed by atoms with Crippen LogP contribution in [0.3, 0.4) is 0 Å². The van der Waals surface area contributed by atoms with Gasteiger partial charge in [-0.15, -0.1) is 0 Å². The van der Waals surface area contributed by atoms with Crippen molar-refractivity contribution in [1.82, 2.24) is 14.1 Å². The molecular weight excluding hydrogens is 188 g/mol. The molecule has 1 aromatic heterocycles. The van der Waals surface area contributed by atoms with Gasteiger partial charge in [0, 0.05) is 13.6 Å². The van der Waals surface area contributed by atoms with Crippen LogP contribution in [0.5, 0.6) is 0 Å². The summed E-state index contributed by atoms with van der Waals surface area (Å²) >= 11 is 0. The second-order valence-corrected chi connectivity index (χ2v) is 2.87. The third kappa shape index (κ3) is 1.82. The predicted molar refractivity (Wildman–Crippen MR) is 50.2 cm³/mol. The molecule has 78 valence electrons. The van der Waals surface area contributed by atoms with E-state index in [0.29, 0.717) is 13.0 Å². The summed E-state index contributed by atoms with van der Waals surface area (Å²) in [7, 11) is 1.31. The lowest BCUT2D eigenvalue weighted by Gasteiger charge is -2.03. The van der Waals surface area contributed by atoms with E-state index in [1.807, 2.05) is 4.98 Å². The third-order valence-electron chi connectivity index (χ3n) is 1.87. The first-order valence-corrected chi connectivity index (χ1v) is 4.18. The Labute approximate surface area is 78.8 Å². The van der Waals surface area contributed by atoms with Gasteiger partial charge < -0.3 is 5.73 Å². The molecule has 0 radical (unpaired) electrons. The Kier molecular flexibility index (Phi) is 3.03. The molecule has 1 aromatic rings. The van der Waals surface area contributed by atoms with Gasteiger partial charge in [0.15, 0.2) is 0 Å². The fraction of sp³-hybridized carbons (Fsp3) is 0.571. The first-order valence-electron chi connectivity index (χ1n) is 4.18. The molecule has 0 saturated heterocycles. The van der Waals surface area contributed by atoms with E-state index in [-0.39, 0.29) is 6.54 Å². The van der Waals surface area contributed by atoms with Crippen molar-refractivity contribution in [3.63, 3.8) is 0 Å². The van der Waals surface area contributed by atoms with Gasteiger partial charge >= 0.3 is 17.1 Å². The molecule has 14 heavy (non-hydrogen) atoms. The molecule has 0 bridgehead atoms. The summed E-state index contributed by atoms with van der Waals surface area (Å²) in [5.41, 5.74) is 3.24. The van der Waals surface area contributed by atoms with Crippen molar-refractivity contribution < 1.29 is 0 Å². The van der Waals surface area contributed by atoms with E-state index in [9.17, 15) is 14.4 Å². The Morgan fingerprint density at radius 3 is 2.50 bits per heavy atom. The van der Waals surface area contributed by atoms with E-state index in [0.717, 1.165) is 9.13 Å². The maximum Gasteiger partial charge on any atom is 0.336 e. The third-order valence-corrected chi connectivity index (χ3v) is 1.87. The molecule has 0 aliphatic carbocycles. The number of hydrogen-bond donors (Lipinski definition) is 2. The smallest absolute Gasteiger partial charge is 0.330 e. The lowest BCUT2D eigenvalue weighted by molar-refractivity contribution is 0.533. The van der Waals surface area contributed by atoms with Gasteiger partial charge in [-0.05, 0) is 13.0 Å².